The third kappa shape index (κ3) is 7.70. The predicted molar refractivity (Wildman–Crippen MR) is 178 cm³/mol. The van der Waals surface area contributed by atoms with Crippen molar-refractivity contribution in [3.05, 3.63) is 64.0 Å². The number of furan rings is 1. The Morgan fingerprint density at radius 3 is 2.38 bits per heavy atom. The number of para-hydroxylation sites is 1. The van der Waals surface area contributed by atoms with Gasteiger partial charge in [-0.1, -0.05) is 37.3 Å². The molecule has 16 heteroatoms. The maximum absolute atomic E-state index is 14.8. The van der Waals surface area contributed by atoms with E-state index in [0.29, 0.717) is 44.2 Å². The van der Waals surface area contributed by atoms with Gasteiger partial charge in [-0.25, -0.2) is 12.7 Å². The Kier molecular flexibility index (Phi) is 11.0. The minimum atomic E-state index is -4.56. The van der Waals surface area contributed by atoms with Gasteiger partial charge in [-0.3, -0.25) is 14.3 Å². The monoisotopic (exact) mass is 739 g/mol. The molecule has 0 amide bonds. The van der Waals surface area contributed by atoms with E-state index in [1.54, 1.807) is 43.3 Å². The number of benzene rings is 1. The van der Waals surface area contributed by atoms with E-state index >= 15 is 0 Å². The molecule has 0 aliphatic heterocycles. The normalized spacial score (nSPS) is 12.5. The van der Waals surface area contributed by atoms with Crippen molar-refractivity contribution in [2.75, 3.05) is 31.7 Å². The van der Waals surface area contributed by atoms with Crippen LogP contribution in [0.15, 0.2) is 57.7 Å². The molecule has 0 aliphatic carbocycles. The maximum Gasteiger partial charge on any atom is 0.326 e. The minimum absolute atomic E-state index is 0.0108. The molecule has 3 heterocycles. The molecule has 3 aromatic heterocycles. The zero-order valence-electron chi connectivity index (χ0n) is 25.8. The van der Waals surface area contributed by atoms with E-state index in [1.165, 1.54) is 31.2 Å². The summed E-state index contributed by atoms with van der Waals surface area (Å²) in [5.74, 6) is 0.233. The number of ether oxygens (including phenoxy) is 3. The van der Waals surface area contributed by atoms with Crippen LogP contribution in [0.3, 0.4) is 0 Å². The first-order chi connectivity index (χ1) is 21.3. The molecule has 0 fully saturated rings. The molecule has 45 heavy (non-hydrogen) atoms. The molecule has 0 N–H and O–H groups in total. The largest absolute Gasteiger partial charge is 0.494 e. The molecule has 12 nitrogen and oxygen atoms in total. The summed E-state index contributed by atoms with van der Waals surface area (Å²) < 4.78 is 55.1. The Bertz CT molecular complexity index is 1720. The van der Waals surface area contributed by atoms with Gasteiger partial charge in [0.2, 0.25) is 11.8 Å². The molecule has 0 unspecified atom stereocenters. The van der Waals surface area contributed by atoms with Gasteiger partial charge in [0.15, 0.2) is 11.0 Å². The van der Waals surface area contributed by atoms with Crippen LogP contribution in [0.5, 0.6) is 11.5 Å². The van der Waals surface area contributed by atoms with Crippen molar-refractivity contribution in [2.24, 2.45) is 0 Å². The van der Waals surface area contributed by atoms with Crippen LogP contribution in [0, 0.1) is 0 Å². The summed E-state index contributed by atoms with van der Waals surface area (Å²) in [7, 11) is -3.44. The number of halogens is 2. The smallest absolute Gasteiger partial charge is 0.326 e. The fraction of sp³-hybridized carbons (Fsp3) is 0.379. The minimum Gasteiger partial charge on any atom is -0.494 e. The number of carbonyl (C=O) groups excluding carboxylic acids is 1. The van der Waals surface area contributed by atoms with Gasteiger partial charge in [-0.05, 0) is 59.2 Å². The van der Waals surface area contributed by atoms with Crippen molar-refractivity contribution in [3.63, 3.8) is 0 Å². The van der Waals surface area contributed by atoms with Gasteiger partial charge in [0, 0.05) is 31.7 Å². The van der Waals surface area contributed by atoms with Gasteiger partial charge in [0.25, 0.3) is 10.0 Å². The predicted octanol–water partition coefficient (Wildman–Crippen LogP) is 6.00. The molecule has 1 atom stereocenters. The van der Waals surface area contributed by atoms with Gasteiger partial charge >= 0.3 is 5.97 Å². The number of rotatable bonds is 14. The van der Waals surface area contributed by atoms with Crippen LogP contribution in [0.4, 0.5) is 5.95 Å². The molecule has 0 radical (unpaired) electrons. The van der Waals surface area contributed by atoms with Crippen LogP contribution < -0.4 is 13.8 Å². The number of anilines is 1. The second-order valence-corrected chi connectivity index (χ2v) is 20.1. The lowest BCUT2D eigenvalue weighted by molar-refractivity contribution is -0.142. The molecule has 0 aliphatic rings. The first kappa shape index (κ1) is 34.5. The van der Waals surface area contributed by atoms with Crippen molar-refractivity contribution in [2.45, 2.75) is 44.3 Å². The summed E-state index contributed by atoms with van der Waals surface area (Å²) in [5, 5.41) is 7.45. The highest BCUT2D eigenvalue weighted by atomic mass is 79.9. The van der Waals surface area contributed by atoms with Gasteiger partial charge in [0.1, 0.15) is 17.2 Å². The van der Waals surface area contributed by atoms with Gasteiger partial charge in [-0.15, -0.1) is 10.2 Å². The number of sulfonamides is 1. The summed E-state index contributed by atoms with van der Waals surface area (Å²) in [6.45, 7) is 7.97. The Labute approximate surface area is 276 Å². The van der Waals surface area contributed by atoms with E-state index in [2.05, 4.69) is 50.8 Å². The van der Waals surface area contributed by atoms with E-state index < -0.39 is 29.3 Å². The van der Waals surface area contributed by atoms with Gasteiger partial charge in [0.05, 0.1) is 37.8 Å². The lowest BCUT2D eigenvalue weighted by atomic mass is 10.2. The second kappa shape index (κ2) is 14.4. The summed E-state index contributed by atoms with van der Waals surface area (Å²) in [4.78, 5) is 17.8. The van der Waals surface area contributed by atoms with Crippen LogP contribution >= 0.6 is 27.5 Å². The lowest BCUT2D eigenvalue weighted by Gasteiger charge is -2.30. The lowest BCUT2D eigenvalue weighted by Crippen LogP contribution is -2.47. The second-order valence-electron chi connectivity index (χ2n) is 11.1. The van der Waals surface area contributed by atoms with Crippen molar-refractivity contribution >= 4 is 57.5 Å². The SMILES string of the molecule is CCOC(=O)[C@@H](Cc1ncc(Cl)cc1Br)S(=O)(=O)N(CC[Si](C)(C)C)c1nnc(-c2ccco2)n1-c1c(OC)cccc1OC. The first-order valence-electron chi connectivity index (χ1n) is 14.0. The maximum atomic E-state index is 14.8. The van der Waals surface area contributed by atoms with Crippen LogP contribution in [0.2, 0.25) is 30.7 Å². The fourth-order valence-electron chi connectivity index (χ4n) is 4.51. The molecular weight excluding hydrogens is 706 g/mol. The van der Waals surface area contributed by atoms with Crippen LogP contribution in [-0.2, 0) is 26.0 Å². The van der Waals surface area contributed by atoms with Crippen molar-refractivity contribution in [1.82, 2.24) is 19.7 Å². The third-order valence-electron chi connectivity index (χ3n) is 6.78. The molecule has 0 spiro atoms. The molecule has 1 aromatic carbocycles. The Morgan fingerprint density at radius 2 is 1.82 bits per heavy atom. The van der Waals surface area contributed by atoms with Gasteiger partial charge < -0.3 is 18.6 Å². The van der Waals surface area contributed by atoms with Crippen LogP contribution in [-0.4, -0.2) is 74.8 Å². The molecule has 0 saturated carbocycles. The number of aromatic nitrogens is 4. The molecule has 242 valence electrons. The summed E-state index contributed by atoms with van der Waals surface area (Å²) in [5.41, 5.74) is 0.659. The van der Waals surface area contributed by atoms with E-state index in [0.717, 1.165) is 4.31 Å². The number of carbonyl (C=O) groups is 1. The van der Waals surface area contributed by atoms with E-state index in [-0.39, 0.29) is 31.3 Å². The summed E-state index contributed by atoms with van der Waals surface area (Å²) in [6, 6.07) is 10.6. The highest BCUT2D eigenvalue weighted by Gasteiger charge is 2.43. The van der Waals surface area contributed by atoms with Crippen molar-refractivity contribution < 1.29 is 31.8 Å². The topological polar surface area (TPSA) is 139 Å². The Balaban J connectivity index is 2.00. The van der Waals surface area contributed by atoms with Crippen LogP contribution in [0.1, 0.15) is 12.6 Å². The summed E-state index contributed by atoms with van der Waals surface area (Å²) >= 11 is 9.49. The third-order valence-corrected chi connectivity index (χ3v) is 11.4. The Hall–Kier alpha value is -3.40. The van der Waals surface area contributed by atoms with E-state index in [9.17, 15) is 13.2 Å². The number of nitrogens with zero attached hydrogens (tertiary/aromatic N) is 5. The summed E-state index contributed by atoms with van der Waals surface area (Å²) in [6.07, 6.45) is 2.57. The molecular formula is C29H35BrClN5O7SSi. The molecule has 4 aromatic rings. The highest BCUT2D eigenvalue weighted by molar-refractivity contribution is 9.10. The van der Waals surface area contributed by atoms with E-state index in [4.69, 9.17) is 30.2 Å². The number of hydrogen-bond acceptors (Lipinski definition) is 10. The Morgan fingerprint density at radius 1 is 1.13 bits per heavy atom. The zero-order chi connectivity index (χ0) is 32.9. The molecule has 0 bridgehead atoms. The van der Waals surface area contributed by atoms with Crippen LogP contribution in [0.25, 0.3) is 17.3 Å². The van der Waals surface area contributed by atoms with Crippen molar-refractivity contribution in [1.29, 1.82) is 0 Å². The average Bonchev–Trinajstić information content (AvgIpc) is 3.66. The highest BCUT2D eigenvalue weighted by Crippen LogP contribution is 2.40. The number of pyridine rings is 1. The molecule has 0 saturated heterocycles. The zero-order valence-corrected chi connectivity index (χ0v) is 29.9. The average molecular weight is 741 g/mol. The number of hydrogen-bond donors (Lipinski definition) is 0. The molecule has 4 rings (SSSR count). The standard InChI is InChI=1S/C29H35BrClN5O7SSi/c1-7-42-28(37)25(17-21-20(30)16-19(31)18-32-21)44(38,39)35(13-15-45(4,5)6)29-34-33-27(24-12-9-14-43-24)36(29)26-22(40-2)10-8-11-23(26)41-3/h8-12,14,16,18,25H,7,13,15,17H2,1-6H3/t25-/m1/s1. The number of methoxy groups -OCH3 is 2. The quantitative estimate of drug-likeness (QED) is 0.112. The van der Waals surface area contributed by atoms with E-state index in [1.807, 2.05) is 0 Å². The van der Waals surface area contributed by atoms with Crippen molar-refractivity contribution in [3.8, 4) is 28.8 Å². The number of esters is 1. The fourth-order valence-corrected chi connectivity index (χ4v) is 8.04. The first-order valence-corrected chi connectivity index (χ1v) is 20.4. The van der Waals surface area contributed by atoms with Gasteiger partial charge in [-0.2, -0.15) is 0 Å².